The van der Waals surface area contributed by atoms with Gasteiger partial charge >= 0.3 is 5.97 Å². The molecule has 0 radical (unpaired) electrons. The first-order valence-corrected chi connectivity index (χ1v) is 7.64. The van der Waals surface area contributed by atoms with Crippen molar-refractivity contribution in [2.24, 2.45) is 0 Å². The quantitative estimate of drug-likeness (QED) is 0.381. The summed E-state index contributed by atoms with van der Waals surface area (Å²) >= 11 is 0. The molecule has 112 valence electrons. The molecule has 0 aliphatic heterocycles. The van der Waals surface area contributed by atoms with E-state index in [2.05, 4.69) is 31.2 Å². The molecule has 0 amide bonds. The number of rotatable bonds is 12. The Hall–Kier alpha value is -1.57. The minimum Gasteiger partial charge on any atom is -0.481 e. The fourth-order valence-electron chi connectivity index (χ4n) is 1.71. The molecule has 0 aliphatic carbocycles. The van der Waals surface area contributed by atoms with E-state index in [0.717, 1.165) is 32.1 Å². The van der Waals surface area contributed by atoms with Gasteiger partial charge in [0.15, 0.2) is 0 Å². The number of allylic oxidation sites excluding steroid dienone is 8. The Morgan fingerprint density at radius 3 is 2.00 bits per heavy atom. The van der Waals surface area contributed by atoms with Gasteiger partial charge in [-0.05, 0) is 25.7 Å². The fraction of sp³-hybridized carbons (Fsp3) is 0.500. The Morgan fingerprint density at radius 2 is 1.35 bits per heavy atom. The summed E-state index contributed by atoms with van der Waals surface area (Å²) in [6, 6.07) is 0. The average molecular weight is 276 g/mol. The van der Waals surface area contributed by atoms with Crippen molar-refractivity contribution in [1.29, 1.82) is 0 Å². The Kier molecular flexibility index (Phi) is 14.3. The van der Waals surface area contributed by atoms with E-state index in [1.54, 1.807) is 0 Å². The molecule has 0 saturated heterocycles. The van der Waals surface area contributed by atoms with Crippen molar-refractivity contribution < 1.29 is 9.90 Å². The van der Waals surface area contributed by atoms with Gasteiger partial charge in [0.25, 0.3) is 0 Å². The summed E-state index contributed by atoms with van der Waals surface area (Å²) < 4.78 is 0. The summed E-state index contributed by atoms with van der Waals surface area (Å²) in [6.07, 6.45) is 24.4. The van der Waals surface area contributed by atoms with Gasteiger partial charge in [0, 0.05) is 6.42 Å². The maximum Gasteiger partial charge on any atom is 0.303 e. The van der Waals surface area contributed by atoms with Crippen LogP contribution < -0.4 is 0 Å². The average Bonchev–Trinajstić information content (AvgIpc) is 2.43. The smallest absolute Gasteiger partial charge is 0.303 e. The maximum atomic E-state index is 10.3. The lowest BCUT2D eigenvalue weighted by molar-refractivity contribution is -0.137. The molecule has 20 heavy (non-hydrogen) atoms. The van der Waals surface area contributed by atoms with Crippen LogP contribution in [0.25, 0.3) is 0 Å². The van der Waals surface area contributed by atoms with Gasteiger partial charge in [-0.15, -0.1) is 0 Å². The minimum absolute atomic E-state index is 0.311. The molecular weight excluding hydrogens is 248 g/mol. The highest BCUT2D eigenvalue weighted by molar-refractivity contribution is 5.66. The molecule has 2 nitrogen and oxygen atoms in total. The van der Waals surface area contributed by atoms with Gasteiger partial charge in [0.2, 0.25) is 0 Å². The standard InChI is InChI=1S/C18H28O2/c1-2-3-4-5-6-7-8-9-10-11-12-13-14-15-16-17-18(19)20/h3-10H,2,11-17H2,1H3,(H,19,20)/b4-3+,6-5-,8-7-,10-9+. The van der Waals surface area contributed by atoms with Crippen LogP contribution in [0, 0.1) is 0 Å². The highest BCUT2D eigenvalue weighted by Gasteiger charge is 1.95. The second-order valence-corrected chi connectivity index (χ2v) is 4.73. The number of carboxylic acids is 1. The third kappa shape index (κ3) is 16.4. The van der Waals surface area contributed by atoms with Crippen molar-refractivity contribution in [3.05, 3.63) is 48.6 Å². The molecule has 0 aromatic carbocycles. The number of aliphatic carboxylic acids is 1. The van der Waals surface area contributed by atoms with Gasteiger partial charge in [0.1, 0.15) is 0 Å². The Labute approximate surface area is 123 Å². The molecular formula is C18H28O2. The predicted molar refractivity (Wildman–Crippen MR) is 86.8 cm³/mol. The summed E-state index contributed by atoms with van der Waals surface area (Å²) in [6.45, 7) is 2.12. The summed E-state index contributed by atoms with van der Waals surface area (Å²) in [5.41, 5.74) is 0. The lowest BCUT2D eigenvalue weighted by Crippen LogP contribution is -1.93. The van der Waals surface area contributed by atoms with Crippen LogP contribution in [0.5, 0.6) is 0 Å². The Balaban J connectivity index is 3.35. The van der Waals surface area contributed by atoms with E-state index in [-0.39, 0.29) is 0 Å². The third-order valence-corrected chi connectivity index (χ3v) is 2.82. The molecule has 1 N–H and O–H groups in total. The van der Waals surface area contributed by atoms with Gasteiger partial charge in [-0.3, -0.25) is 4.79 Å². The zero-order valence-corrected chi connectivity index (χ0v) is 12.6. The Morgan fingerprint density at radius 1 is 0.800 bits per heavy atom. The molecule has 0 aromatic rings. The van der Waals surface area contributed by atoms with Crippen LogP contribution in [0.1, 0.15) is 58.3 Å². The van der Waals surface area contributed by atoms with Crippen LogP contribution in [-0.4, -0.2) is 11.1 Å². The lowest BCUT2D eigenvalue weighted by Gasteiger charge is -1.97. The van der Waals surface area contributed by atoms with Gasteiger partial charge < -0.3 is 5.11 Å². The topological polar surface area (TPSA) is 37.3 Å². The van der Waals surface area contributed by atoms with Crippen molar-refractivity contribution >= 4 is 5.97 Å². The highest BCUT2D eigenvalue weighted by atomic mass is 16.4. The molecule has 0 saturated carbocycles. The normalized spacial score (nSPS) is 12.4. The molecule has 0 rings (SSSR count). The number of carboxylic acid groups (broad SMARTS) is 1. The summed E-state index contributed by atoms with van der Waals surface area (Å²) in [7, 11) is 0. The van der Waals surface area contributed by atoms with E-state index in [0.29, 0.717) is 6.42 Å². The van der Waals surface area contributed by atoms with Crippen molar-refractivity contribution in [3.63, 3.8) is 0 Å². The summed E-state index contributed by atoms with van der Waals surface area (Å²) in [5.74, 6) is -0.682. The van der Waals surface area contributed by atoms with E-state index < -0.39 is 5.97 Å². The monoisotopic (exact) mass is 276 g/mol. The molecule has 2 heteroatoms. The number of hydrogen-bond acceptors (Lipinski definition) is 1. The maximum absolute atomic E-state index is 10.3. The predicted octanol–water partition coefficient (Wildman–Crippen LogP) is 5.44. The highest BCUT2D eigenvalue weighted by Crippen LogP contribution is 2.07. The van der Waals surface area contributed by atoms with Crippen LogP contribution in [-0.2, 0) is 4.79 Å². The van der Waals surface area contributed by atoms with Crippen molar-refractivity contribution in [3.8, 4) is 0 Å². The molecule has 0 aromatic heterocycles. The number of unbranched alkanes of at least 4 members (excludes halogenated alkanes) is 5. The van der Waals surface area contributed by atoms with Crippen molar-refractivity contribution in [1.82, 2.24) is 0 Å². The lowest BCUT2D eigenvalue weighted by atomic mass is 10.1. The fourth-order valence-corrected chi connectivity index (χ4v) is 1.71. The van der Waals surface area contributed by atoms with E-state index in [1.807, 2.05) is 24.3 Å². The summed E-state index contributed by atoms with van der Waals surface area (Å²) in [4.78, 5) is 10.3. The molecule has 0 spiro atoms. The molecule has 0 fully saturated rings. The first-order chi connectivity index (χ1) is 9.77. The van der Waals surface area contributed by atoms with E-state index in [4.69, 9.17) is 5.11 Å². The van der Waals surface area contributed by atoms with Crippen LogP contribution in [0.3, 0.4) is 0 Å². The number of hydrogen-bond donors (Lipinski definition) is 1. The molecule has 0 bridgehead atoms. The largest absolute Gasteiger partial charge is 0.481 e. The first kappa shape index (κ1) is 18.4. The molecule has 0 heterocycles. The van der Waals surface area contributed by atoms with E-state index in [1.165, 1.54) is 12.8 Å². The SMILES string of the molecule is CC/C=C/C=C\C=C/C=C/CCCCCCCC(=O)O. The zero-order valence-electron chi connectivity index (χ0n) is 12.6. The zero-order chi connectivity index (χ0) is 14.9. The first-order valence-electron chi connectivity index (χ1n) is 7.64. The molecule has 0 atom stereocenters. The van der Waals surface area contributed by atoms with Crippen LogP contribution in [0.4, 0.5) is 0 Å². The summed E-state index contributed by atoms with van der Waals surface area (Å²) in [5, 5.41) is 8.49. The van der Waals surface area contributed by atoms with Crippen LogP contribution in [0.15, 0.2) is 48.6 Å². The van der Waals surface area contributed by atoms with Crippen molar-refractivity contribution in [2.75, 3.05) is 0 Å². The second-order valence-electron chi connectivity index (χ2n) is 4.73. The van der Waals surface area contributed by atoms with Gasteiger partial charge in [-0.25, -0.2) is 0 Å². The van der Waals surface area contributed by atoms with Crippen LogP contribution in [0.2, 0.25) is 0 Å². The van der Waals surface area contributed by atoms with Gasteiger partial charge in [-0.1, -0.05) is 74.8 Å². The van der Waals surface area contributed by atoms with Crippen LogP contribution >= 0.6 is 0 Å². The van der Waals surface area contributed by atoms with E-state index in [9.17, 15) is 4.79 Å². The number of carbonyl (C=O) groups is 1. The molecule has 0 unspecified atom stereocenters. The van der Waals surface area contributed by atoms with Gasteiger partial charge in [-0.2, -0.15) is 0 Å². The van der Waals surface area contributed by atoms with Crippen molar-refractivity contribution in [2.45, 2.75) is 58.3 Å². The van der Waals surface area contributed by atoms with Gasteiger partial charge in [0.05, 0.1) is 0 Å². The third-order valence-electron chi connectivity index (χ3n) is 2.82. The minimum atomic E-state index is -0.682. The van der Waals surface area contributed by atoms with E-state index >= 15 is 0 Å². The second kappa shape index (κ2) is 15.5. The molecule has 0 aliphatic rings. The Bertz CT molecular complexity index is 335.